The van der Waals surface area contributed by atoms with Gasteiger partial charge in [-0.3, -0.25) is 0 Å². The van der Waals surface area contributed by atoms with Crippen molar-refractivity contribution in [3.05, 3.63) is 12.7 Å². The van der Waals surface area contributed by atoms with E-state index in [9.17, 15) is 0 Å². The minimum absolute atomic E-state index is 0. The van der Waals surface area contributed by atoms with Gasteiger partial charge in [0.05, 0.1) is 6.33 Å². The number of imidazole rings is 1. The van der Waals surface area contributed by atoms with Crippen molar-refractivity contribution in [3.8, 4) is 0 Å². The highest BCUT2D eigenvalue weighted by Gasteiger charge is 2.06. The van der Waals surface area contributed by atoms with E-state index in [2.05, 4.69) is 27.6 Å². The molecule has 0 saturated heterocycles. The van der Waals surface area contributed by atoms with Crippen LogP contribution in [0.25, 0.3) is 11.2 Å². The van der Waals surface area contributed by atoms with Gasteiger partial charge in [-0.25, -0.2) is 15.0 Å². The van der Waals surface area contributed by atoms with Crippen LogP contribution >= 0.6 is 25.0 Å². The summed E-state index contributed by atoms with van der Waals surface area (Å²) in [6.45, 7) is 0.858. The van der Waals surface area contributed by atoms with Gasteiger partial charge in [0.15, 0.2) is 11.5 Å². The summed E-state index contributed by atoms with van der Waals surface area (Å²) in [5.41, 5.74) is 7.12. The van der Waals surface area contributed by atoms with Gasteiger partial charge < -0.3 is 10.3 Å². The molecule has 0 atom stereocenters. The molecule has 5 nitrogen and oxygen atoms in total. The molecule has 0 aliphatic heterocycles. The Balaban J connectivity index is 0.00000112. The minimum Gasteiger partial charge on any atom is -0.382 e. The average molecular weight is 246 g/mol. The second kappa shape index (κ2) is 5.18. The van der Waals surface area contributed by atoms with E-state index in [1.165, 1.54) is 6.33 Å². The highest BCUT2D eigenvalue weighted by atomic mass is 35.5. The van der Waals surface area contributed by atoms with E-state index in [1.807, 2.05) is 4.57 Å². The maximum atomic E-state index is 5.66. The Kier molecular flexibility index (Phi) is 4.16. The Bertz CT molecular complexity index is 444. The van der Waals surface area contributed by atoms with Gasteiger partial charge in [-0.15, -0.1) is 12.4 Å². The van der Waals surface area contributed by atoms with Gasteiger partial charge in [-0.05, 0) is 12.2 Å². The molecule has 2 heterocycles. The van der Waals surface area contributed by atoms with E-state index in [0.717, 1.165) is 24.4 Å². The fraction of sp³-hybridized carbons (Fsp3) is 0.375. The monoisotopic (exact) mass is 245 g/mol. The third-order valence-corrected chi connectivity index (χ3v) is 2.30. The zero-order chi connectivity index (χ0) is 9.97. The Morgan fingerprint density at radius 2 is 2.13 bits per heavy atom. The summed E-state index contributed by atoms with van der Waals surface area (Å²) in [6.07, 6.45) is 4.17. The summed E-state index contributed by atoms with van der Waals surface area (Å²) in [4.78, 5) is 12.2. The molecule has 0 bridgehead atoms. The highest BCUT2D eigenvalue weighted by molar-refractivity contribution is 7.80. The molecule has 2 N–H and O–H groups in total. The number of aromatic nitrogens is 4. The van der Waals surface area contributed by atoms with Gasteiger partial charge in [0.2, 0.25) is 0 Å². The minimum atomic E-state index is 0. The molecule has 0 unspecified atom stereocenters. The molecule has 15 heavy (non-hydrogen) atoms. The van der Waals surface area contributed by atoms with Crippen molar-refractivity contribution in [2.75, 3.05) is 11.5 Å². The topological polar surface area (TPSA) is 69.6 Å². The van der Waals surface area contributed by atoms with Crippen molar-refractivity contribution in [3.63, 3.8) is 0 Å². The standard InChI is InChI=1S/C8H11N5S.ClH/c9-7-6-8(11-4-10-7)13(5-12-6)2-1-3-14;/h4-5,14H,1-3H2,(H2,9,10,11);1H. The SMILES string of the molecule is Cl.Nc1ncnc2c1ncn2CCCS. The normalized spacial score (nSPS) is 10.2. The predicted octanol–water partition coefficient (Wildman–Crippen LogP) is 1.15. The fourth-order valence-electron chi connectivity index (χ4n) is 1.30. The molecule has 0 saturated carbocycles. The van der Waals surface area contributed by atoms with Crippen LogP contribution in [0.5, 0.6) is 0 Å². The molecule has 0 aromatic carbocycles. The third-order valence-electron chi connectivity index (χ3n) is 1.99. The number of nitrogens with zero attached hydrogens (tertiary/aromatic N) is 4. The van der Waals surface area contributed by atoms with Crippen molar-refractivity contribution in [2.24, 2.45) is 0 Å². The third kappa shape index (κ3) is 2.32. The van der Waals surface area contributed by atoms with Gasteiger partial charge in [-0.2, -0.15) is 12.6 Å². The van der Waals surface area contributed by atoms with E-state index < -0.39 is 0 Å². The zero-order valence-electron chi connectivity index (χ0n) is 8.00. The van der Waals surface area contributed by atoms with Crippen LogP contribution in [0.15, 0.2) is 12.7 Å². The number of nitrogens with two attached hydrogens (primary N) is 1. The van der Waals surface area contributed by atoms with Crippen LogP contribution in [0.3, 0.4) is 0 Å². The highest BCUT2D eigenvalue weighted by Crippen LogP contribution is 2.14. The fourth-order valence-corrected chi connectivity index (χ4v) is 1.44. The van der Waals surface area contributed by atoms with Gasteiger partial charge in [0, 0.05) is 6.54 Å². The Hall–Kier alpha value is -1.01. The lowest BCUT2D eigenvalue weighted by molar-refractivity contribution is 0.697. The summed E-state index contributed by atoms with van der Waals surface area (Å²) < 4.78 is 1.96. The lowest BCUT2D eigenvalue weighted by atomic mass is 10.4. The van der Waals surface area contributed by atoms with Gasteiger partial charge in [0.25, 0.3) is 0 Å². The number of aryl methyl sites for hydroxylation is 1. The molecule has 0 radical (unpaired) electrons. The maximum absolute atomic E-state index is 5.66. The average Bonchev–Trinajstić information content (AvgIpc) is 2.60. The number of anilines is 1. The van der Waals surface area contributed by atoms with Gasteiger partial charge >= 0.3 is 0 Å². The van der Waals surface area contributed by atoms with E-state index in [1.54, 1.807) is 6.33 Å². The van der Waals surface area contributed by atoms with E-state index >= 15 is 0 Å². The summed E-state index contributed by atoms with van der Waals surface area (Å²) in [5.74, 6) is 1.28. The van der Waals surface area contributed by atoms with Crippen LogP contribution in [0.2, 0.25) is 0 Å². The molecular weight excluding hydrogens is 234 g/mol. The molecule has 0 fully saturated rings. The van der Waals surface area contributed by atoms with Gasteiger partial charge in [-0.1, -0.05) is 0 Å². The number of halogens is 1. The lowest BCUT2D eigenvalue weighted by Gasteiger charge is -2.00. The second-order valence-electron chi connectivity index (χ2n) is 2.95. The van der Waals surface area contributed by atoms with Crippen LogP contribution in [0.4, 0.5) is 5.82 Å². The molecule has 2 aromatic rings. The molecule has 82 valence electrons. The first-order valence-electron chi connectivity index (χ1n) is 4.35. The molecule has 2 rings (SSSR count). The first-order valence-corrected chi connectivity index (χ1v) is 4.98. The molecular formula is C8H12ClN5S. The predicted molar refractivity (Wildman–Crippen MR) is 65.5 cm³/mol. The lowest BCUT2D eigenvalue weighted by Crippen LogP contribution is -1.99. The van der Waals surface area contributed by atoms with Crippen LogP contribution < -0.4 is 5.73 Å². The molecule has 0 amide bonds. The van der Waals surface area contributed by atoms with Crippen molar-refractivity contribution in [1.82, 2.24) is 19.5 Å². The van der Waals surface area contributed by atoms with E-state index in [4.69, 9.17) is 5.73 Å². The number of hydrogen-bond acceptors (Lipinski definition) is 5. The Morgan fingerprint density at radius 3 is 2.87 bits per heavy atom. The molecule has 0 spiro atoms. The van der Waals surface area contributed by atoms with Crippen molar-refractivity contribution < 1.29 is 0 Å². The Morgan fingerprint density at radius 1 is 1.33 bits per heavy atom. The van der Waals surface area contributed by atoms with Crippen LogP contribution in [0.1, 0.15) is 6.42 Å². The molecule has 7 heteroatoms. The number of hydrogen-bond donors (Lipinski definition) is 2. The maximum Gasteiger partial charge on any atom is 0.165 e. The van der Waals surface area contributed by atoms with E-state index in [-0.39, 0.29) is 12.4 Å². The second-order valence-corrected chi connectivity index (χ2v) is 3.39. The zero-order valence-corrected chi connectivity index (χ0v) is 9.71. The number of fused-ring (bicyclic) bond motifs is 1. The van der Waals surface area contributed by atoms with Crippen LogP contribution in [0, 0.1) is 0 Å². The number of thiol groups is 1. The van der Waals surface area contributed by atoms with Crippen molar-refractivity contribution in [2.45, 2.75) is 13.0 Å². The van der Waals surface area contributed by atoms with Crippen molar-refractivity contribution >= 4 is 42.0 Å². The van der Waals surface area contributed by atoms with E-state index in [0.29, 0.717) is 11.3 Å². The quantitative estimate of drug-likeness (QED) is 0.796. The molecule has 0 aliphatic carbocycles. The van der Waals surface area contributed by atoms with Crippen LogP contribution in [-0.4, -0.2) is 25.3 Å². The summed E-state index contributed by atoms with van der Waals surface area (Å²) in [6, 6.07) is 0. The number of rotatable bonds is 3. The summed E-state index contributed by atoms with van der Waals surface area (Å²) in [7, 11) is 0. The smallest absolute Gasteiger partial charge is 0.165 e. The van der Waals surface area contributed by atoms with Crippen LogP contribution in [-0.2, 0) is 6.54 Å². The Labute approximate surface area is 98.9 Å². The number of nitrogen functional groups attached to an aromatic ring is 1. The van der Waals surface area contributed by atoms with Gasteiger partial charge in [0.1, 0.15) is 11.8 Å². The molecule has 0 aliphatic rings. The largest absolute Gasteiger partial charge is 0.382 e. The summed E-state index contributed by atoms with van der Waals surface area (Å²) >= 11 is 4.16. The summed E-state index contributed by atoms with van der Waals surface area (Å²) in [5, 5.41) is 0. The molecule has 2 aromatic heterocycles. The first-order chi connectivity index (χ1) is 6.83. The first kappa shape index (κ1) is 12.1. The van der Waals surface area contributed by atoms with Crippen molar-refractivity contribution in [1.29, 1.82) is 0 Å².